The first-order valence-corrected chi connectivity index (χ1v) is 5.85. The monoisotopic (exact) mass is 232 g/mol. The van der Waals surface area contributed by atoms with Crippen LogP contribution in [-0.2, 0) is 9.59 Å². The molecule has 4 nitrogen and oxygen atoms in total. The Morgan fingerprint density at radius 1 is 1.41 bits per heavy atom. The van der Waals surface area contributed by atoms with Crippen molar-refractivity contribution >= 4 is 17.5 Å². The van der Waals surface area contributed by atoms with E-state index in [1.54, 1.807) is 4.90 Å². The standard InChI is InChI=1S/C13H16N2O2/c1-2-14-13(17)10-8-12(16)15(9-10)11-6-4-3-5-7-11/h3-7,10H,2,8-9H2,1H3,(H,14,17)/t10-/m0/s1. The van der Waals surface area contributed by atoms with Crippen LogP contribution in [0.2, 0.25) is 0 Å². The molecule has 1 N–H and O–H groups in total. The van der Waals surface area contributed by atoms with Gasteiger partial charge in [0.05, 0.1) is 5.92 Å². The normalized spacial score (nSPS) is 19.5. The van der Waals surface area contributed by atoms with Crippen molar-refractivity contribution in [3.8, 4) is 0 Å². The minimum atomic E-state index is -0.220. The van der Waals surface area contributed by atoms with E-state index in [9.17, 15) is 9.59 Å². The molecule has 1 aromatic carbocycles. The van der Waals surface area contributed by atoms with Gasteiger partial charge in [-0.15, -0.1) is 0 Å². The zero-order valence-electron chi connectivity index (χ0n) is 9.85. The summed E-state index contributed by atoms with van der Waals surface area (Å²) < 4.78 is 0. The zero-order valence-corrected chi connectivity index (χ0v) is 9.85. The van der Waals surface area contributed by atoms with Gasteiger partial charge in [-0.25, -0.2) is 0 Å². The van der Waals surface area contributed by atoms with Crippen LogP contribution in [0.1, 0.15) is 13.3 Å². The van der Waals surface area contributed by atoms with Gasteiger partial charge in [0.15, 0.2) is 0 Å². The lowest BCUT2D eigenvalue weighted by molar-refractivity contribution is -0.126. The fourth-order valence-corrected chi connectivity index (χ4v) is 2.06. The van der Waals surface area contributed by atoms with Gasteiger partial charge in [-0.05, 0) is 19.1 Å². The van der Waals surface area contributed by atoms with E-state index in [0.717, 1.165) is 5.69 Å². The van der Waals surface area contributed by atoms with Crippen molar-refractivity contribution in [1.82, 2.24) is 5.32 Å². The predicted octanol–water partition coefficient (Wildman–Crippen LogP) is 1.18. The molecule has 2 amide bonds. The molecule has 1 heterocycles. The van der Waals surface area contributed by atoms with Gasteiger partial charge in [-0.1, -0.05) is 18.2 Å². The molecular weight excluding hydrogens is 216 g/mol. The van der Waals surface area contributed by atoms with Crippen LogP contribution in [0.25, 0.3) is 0 Å². The third-order valence-electron chi connectivity index (χ3n) is 2.91. The molecule has 0 aliphatic carbocycles. The van der Waals surface area contributed by atoms with Gasteiger partial charge < -0.3 is 10.2 Å². The van der Waals surface area contributed by atoms with Crippen molar-refractivity contribution in [3.63, 3.8) is 0 Å². The van der Waals surface area contributed by atoms with E-state index in [0.29, 0.717) is 19.5 Å². The molecule has 17 heavy (non-hydrogen) atoms. The van der Waals surface area contributed by atoms with Gasteiger partial charge in [0.25, 0.3) is 0 Å². The van der Waals surface area contributed by atoms with E-state index in [1.807, 2.05) is 37.3 Å². The van der Waals surface area contributed by atoms with Crippen molar-refractivity contribution in [2.75, 3.05) is 18.0 Å². The summed E-state index contributed by atoms with van der Waals surface area (Å²) >= 11 is 0. The Hall–Kier alpha value is -1.84. The number of anilines is 1. The molecule has 90 valence electrons. The van der Waals surface area contributed by atoms with Crippen molar-refractivity contribution in [1.29, 1.82) is 0 Å². The Kier molecular flexibility index (Phi) is 3.42. The summed E-state index contributed by atoms with van der Waals surface area (Å²) in [5, 5.41) is 2.76. The fourth-order valence-electron chi connectivity index (χ4n) is 2.06. The lowest BCUT2D eigenvalue weighted by Crippen LogP contribution is -2.32. The summed E-state index contributed by atoms with van der Waals surface area (Å²) in [4.78, 5) is 25.2. The lowest BCUT2D eigenvalue weighted by Gasteiger charge is -2.16. The fraction of sp³-hybridized carbons (Fsp3) is 0.385. The minimum absolute atomic E-state index is 0.0208. The van der Waals surface area contributed by atoms with Crippen LogP contribution in [0, 0.1) is 5.92 Å². The first kappa shape index (κ1) is 11.6. The number of amides is 2. The zero-order chi connectivity index (χ0) is 12.3. The maximum atomic E-state index is 11.8. The molecule has 0 saturated carbocycles. The summed E-state index contributed by atoms with van der Waals surface area (Å²) in [6, 6.07) is 9.46. The maximum absolute atomic E-state index is 11.8. The van der Waals surface area contributed by atoms with E-state index in [-0.39, 0.29) is 17.7 Å². The van der Waals surface area contributed by atoms with Gasteiger partial charge in [0, 0.05) is 25.2 Å². The Balaban J connectivity index is 2.08. The molecule has 1 aliphatic rings. The average molecular weight is 232 g/mol. The van der Waals surface area contributed by atoms with Gasteiger partial charge in [0.1, 0.15) is 0 Å². The molecule has 0 unspecified atom stereocenters. The highest BCUT2D eigenvalue weighted by Gasteiger charge is 2.34. The Labute approximate surface area is 101 Å². The van der Waals surface area contributed by atoms with Crippen LogP contribution in [0.15, 0.2) is 30.3 Å². The van der Waals surface area contributed by atoms with Gasteiger partial charge >= 0.3 is 0 Å². The largest absolute Gasteiger partial charge is 0.356 e. The molecule has 2 rings (SSSR count). The third-order valence-corrected chi connectivity index (χ3v) is 2.91. The van der Waals surface area contributed by atoms with Crippen molar-refractivity contribution < 1.29 is 9.59 Å². The summed E-state index contributed by atoms with van der Waals surface area (Å²) in [5.41, 5.74) is 0.865. The molecule has 0 aromatic heterocycles. The number of nitrogens with one attached hydrogen (secondary N) is 1. The molecule has 0 spiro atoms. The van der Waals surface area contributed by atoms with Gasteiger partial charge in [-0.2, -0.15) is 0 Å². The van der Waals surface area contributed by atoms with Gasteiger partial charge in [-0.3, -0.25) is 9.59 Å². The molecule has 1 atom stereocenters. The number of nitrogens with zero attached hydrogens (tertiary/aromatic N) is 1. The molecule has 1 saturated heterocycles. The molecule has 0 radical (unpaired) electrons. The Morgan fingerprint density at radius 3 is 2.76 bits per heavy atom. The minimum Gasteiger partial charge on any atom is -0.356 e. The Bertz CT molecular complexity index is 417. The summed E-state index contributed by atoms with van der Waals surface area (Å²) in [6.07, 6.45) is 0.306. The third kappa shape index (κ3) is 2.46. The topological polar surface area (TPSA) is 49.4 Å². The van der Waals surface area contributed by atoms with Crippen LogP contribution in [0.5, 0.6) is 0 Å². The smallest absolute Gasteiger partial charge is 0.227 e. The van der Waals surface area contributed by atoms with Crippen molar-refractivity contribution in [3.05, 3.63) is 30.3 Å². The summed E-state index contributed by atoms with van der Waals surface area (Å²) in [7, 11) is 0. The number of benzene rings is 1. The molecule has 1 aromatic rings. The van der Waals surface area contributed by atoms with E-state index < -0.39 is 0 Å². The quantitative estimate of drug-likeness (QED) is 0.850. The van der Waals surface area contributed by atoms with Crippen LogP contribution in [0.3, 0.4) is 0 Å². The number of para-hydroxylation sites is 1. The van der Waals surface area contributed by atoms with Crippen molar-refractivity contribution in [2.24, 2.45) is 5.92 Å². The number of rotatable bonds is 3. The van der Waals surface area contributed by atoms with E-state index >= 15 is 0 Å². The number of hydrogen-bond acceptors (Lipinski definition) is 2. The summed E-state index contributed by atoms with van der Waals surface area (Å²) in [5.74, 6) is -0.227. The van der Waals surface area contributed by atoms with Crippen LogP contribution in [-0.4, -0.2) is 24.9 Å². The highest BCUT2D eigenvalue weighted by atomic mass is 16.2. The van der Waals surface area contributed by atoms with Crippen LogP contribution in [0.4, 0.5) is 5.69 Å². The molecule has 4 heteroatoms. The van der Waals surface area contributed by atoms with E-state index in [1.165, 1.54) is 0 Å². The molecule has 0 bridgehead atoms. The highest BCUT2D eigenvalue weighted by molar-refractivity contribution is 6.00. The highest BCUT2D eigenvalue weighted by Crippen LogP contribution is 2.24. The van der Waals surface area contributed by atoms with Crippen LogP contribution >= 0.6 is 0 Å². The Morgan fingerprint density at radius 2 is 2.12 bits per heavy atom. The average Bonchev–Trinajstić information content (AvgIpc) is 2.73. The predicted molar refractivity (Wildman–Crippen MR) is 65.6 cm³/mol. The summed E-state index contributed by atoms with van der Waals surface area (Å²) in [6.45, 7) is 2.97. The molecule has 1 aliphatic heterocycles. The van der Waals surface area contributed by atoms with Crippen LogP contribution < -0.4 is 10.2 Å². The second kappa shape index (κ2) is 4.99. The van der Waals surface area contributed by atoms with Gasteiger partial charge in [0.2, 0.25) is 11.8 Å². The second-order valence-electron chi connectivity index (χ2n) is 4.14. The number of hydrogen-bond donors (Lipinski definition) is 1. The SMILES string of the molecule is CCNC(=O)[C@H]1CC(=O)N(c2ccccc2)C1. The maximum Gasteiger partial charge on any atom is 0.227 e. The number of carbonyl (C=O) groups excluding carboxylic acids is 2. The first-order valence-electron chi connectivity index (χ1n) is 5.85. The molecular formula is C13H16N2O2. The van der Waals surface area contributed by atoms with E-state index in [2.05, 4.69) is 5.32 Å². The van der Waals surface area contributed by atoms with Crippen molar-refractivity contribution in [2.45, 2.75) is 13.3 Å². The number of carbonyl (C=O) groups is 2. The first-order chi connectivity index (χ1) is 8.22. The lowest BCUT2D eigenvalue weighted by atomic mass is 10.1. The second-order valence-corrected chi connectivity index (χ2v) is 4.14. The van der Waals surface area contributed by atoms with E-state index in [4.69, 9.17) is 0 Å². The molecule has 1 fully saturated rings.